The molecule has 1 atom stereocenters. The number of carbonyl (C=O) groups excluding carboxylic acids is 1. The Morgan fingerprint density at radius 3 is 2.96 bits per heavy atom. The van der Waals surface area contributed by atoms with Crippen LogP contribution in [-0.2, 0) is 21.3 Å². The molecule has 2 heterocycles. The van der Waals surface area contributed by atoms with Gasteiger partial charge in [-0.25, -0.2) is 18.1 Å². The van der Waals surface area contributed by atoms with Gasteiger partial charge in [0.1, 0.15) is 5.82 Å². The van der Waals surface area contributed by atoms with Crippen LogP contribution in [0.4, 0.5) is 0 Å². The van der Waals surface area contributed by atoms with E-state index >= 15 is 0 Å². The third-order valence-electron chi connectivity index (χ3n) is 4.16. The number of aromatic nitrogens is 2. The number of imidazole rings is 1. The standard InChI is InChI=1S/C17H22N4O4S/c22-17(20-11-14-5-1-2-9-25-14)13-4-3-6-15(10-13)26(23,24)21-12-16-18-7-8-19-16/h3-4,6-8,10,14,21H,1-2,5,9,11-12H2,(H,18,19)(H,20,22). The van der Waals surface area contributed by atoms with E-state index < -0.39 is 10.0 Å². The first-order valence-corrected chi connectivity index (χ1v) is 10.0. The molecule has 1 saturated heterocycles. The fourth-order valence-corrected chi connectivity index (χ4v) is 3.76. The van der Waals surface area contributed by atoms with Crippen molar-refractivity contribution in [2.75, 3.05) is 13.2 Å². The van der Waals surface area contributed by atoms with E-state index in [1.165, 1.54) is 12.1 Å². The lowest BCUT2D eigenvalue weighted by Crippen LogP contribution is -2.35. The molecule has 0 saturated carbocycles. The minimum absolute atomic E-state index is 0.0228. The molecule has 0 radical (unpaired) electrons. The number of nitrogens with one attached hydrogen (secondary N) is 3. The van der Waals surface area contributed by atoms with Crippen LogP contribution in [0.15, 0.2) is 41.6 Å². The summed E-state index contributed by atoms with van der Waals surface area (Å²) >= 11 is 0. The van der Waals surface area contributed by atoms with Crippen molar-refractivity contribution >= 4 is 15.9 Å². The first-order chi connectivity index (χ1) is 12.5. The second-order valence-corrected chi connectivity index (χ2v) is 7.85. The van der Waals surface area contributed by atoms with Gasteiger partial charge in [0, 0.05) is 31.1 Å². The molecule has 8 nitrogen and oxygen atoms in total. The minimum Gasteiger partial charge on any atom is -0.376 e. The molecule has 3 N–H and O–H groups in total. The summed E-state index contributed by atoms with van der Waals surface area (Å²) in [5, 5.41) is 2.81. The molecule has 0 bridgehead atoms. The fourth-order valence-electron chi connectivity index (χ4n) is 2.72. The SMILES string of the molecule is O=C(NCC1CCCCO1)c1cccc(S(=O)(=O)NCc2ncc[nH]2)c1. The molecule has 140 valence electrons. The maximum atomic E-state index is 12.4. The summed E-state index contributed by atoms with van der Waals surface area (Å²) in [5.74, 6) is 0.192. The third kappa shape index (κ3) is 4.90. The Bertz CT molecular complexity index is 830. The third-order valence-corrected chi connectivity index (χ3v) is 5.55. The Morgan fingerprint density at radius 1 is 1.35 bits per heavy atom. The van der Waals surface area contributed by atoms with E-state index in [0.717, 1.165) is 25.9 Å². The molecule has 1 aliphatic rings. The van der Waals surface area contributed by atoms with Crippen LogP contribution in [0.25, 0.3) is 0 Å². The van der Waals surface area contributed by atoms with Crippen LogP contribution in [0, 0.1) is 0 Å². The highest BCUT2D eigenvalue weighted by Gasteiger charge is 2.18. The van der Waals surface area contributed by atoms with Gasteiger partial charge in [0.25, 0.3) is 5.91 Å². The first-order valence-electron chi connectivity index (χ1n) is 8.52. The summed E-state index contributed by atoms with van der Waals surface area (Å²) < 4.78 is 32.8. The van der Waals surface area contributed by atoms with Crippen molar-refractivity contribution in [3.8, 4) is 0 Å². The van der Waals surface area contributed by atoms with Crippen LogP contribution in [-0.4, -0.2) is 43.5 Å². The van der Waals surface area contributed by atoms with Gasteiger partial charge in [-0.05, 0) is 37.5 Å². The molecule has 3 rings (SSSR count). The quantitative estimate of drug-likeness (QED) is 0.670. The predicted molar refractivity (Wildman–Crippen MR) is 95.0 cm³/mol. The Morgan fingerprint density at radius 2 is 2.23 bits per heavy atom. The molecule has 0 aliphatic carbocycles. The molecule has 0 spiro atoms. The average Bonchev–Trinajstić information content (AvgIpc) is 3.19. The van der Waals surface area contributed by atoms with Crippen molar-refractivity contribution in [1.29, 1.82) is 0 Å². The van der Waals surface area contributed by atoms with Gasteiger partial charge in [-0.15, -0.1) is 0 Å². The number of nitrogens with zero attached hydrogens (tertiary/aromatic N) is 1. The normalized spacial score (nSPS) is 17.8. The zero-order valence-corrected chi connectivity index (χ0v) is 15.1. The van der Waals surface area contributed by atoms with E-state index in [0.29, 0.717) is 17.9 Å². The van der Waals surface area contributed by atoms with E-state index in [9.17, 15) is 13.2 Å². The van der Waals surface area contributed by atoms with Crippen LogP contribution >= 0.6 is 0 Å². The van der Waals surface area contributed by atoms with Gasteiger partial charge in [-0.1, -0.05) is 6.07 Å². The highest BCUT2D eigenvalue weighted by molar-refractivity contribution is 7.89. The second kappa shape index (κ2) is 8.43. The molecular weight excluding hydrogens is 356 g/mol. The molecule has 1 unspecified atom stereocenters. The summed E-state index contributed by atoms with van der Waals surface area (Å²) in [7, 11) is -3.74. The predicted octanol–water partition coefficient (Wildman–Crippen LogP) is 1.19. The van der Waals surface area contributed by atoms with Crippen molar-refractivity contribution in [3.63, 3.8) is 0 Å². The average molecular weight is 378 g/mol. The Hall–Kier alpha value is -2.23. The molecule has 2 aromatic rings. The summed E-state index contributed by atoms with van der Waals surface area (Å²) in [6.45, 7) is 1.19. The van der Waals surface area contributed by atoms with Crippen LogP contribution in [0.1, 0.15) is 35.4 Å². The summed E-state index contributed by atoms with van der Waals surface area (Å²) in [4.78, 5) is 19.1. The number of carbonyl (C=O) groups is 1. The van der Waals surface area contributed by atoms with Crippen LogP contribution in [0.5, 0.6) is 0 Å². The number of ether oxygens (including phenoxy) is 1. The number of amides is 1. The highest BCUT2D eigenvalue weighted by Crippen LogP contribution is 2.14. The van der Waals surface area contributed by atoms with E-state index in [4.69, 9.17) is 4.74 Å². The van der Waals surface area contributed by atoms with Crippen molar-refractivity contribution < 1.29 is 17.9 Å². The summed E-state index contributed by atoms with van der Waals surface area (Å²) in [6, 6.07) is 5.95. The largest absolute Gasteiger partial charge is 0.376 e. The molecule has 9 heteroatoms. The monoisotopic (exact) mass is 378 g/mol. The van der Waals surface area contributed by atoms with Crippen molar-refractivity contribution in [2.24, 2.45) is 0 Å². The van der Waals surface area contributed by atoms with Gasteiger partial charge in [-0.2, -0.15) is 0 Å². The van der Waals surface area contributed by atoms with Gasteiger partial charge in [0.15, 0.2) is 0 Å². The van der Waals surface area contributed by atoms with Gasteiger partial charge in [0.2, 0.25) is 10.0 Å². The van der Waals surface area contributed by atoms with Gasteiger partial charge in [-0.3, -0.25) is 4.79 Å². The topological polar surface area (TPSA) is 113 Å². The molecule has 1 aliphatic heterocycles. The number of hydrogen-bond donors (Lipinski definition) is 3. The summed E-state index contributed by atoms with van der Waals surface area (Å²) in [6.07, 6.45) is 6.25. The summed E-state index contributed by atoms with van der Waals surface area (Å²) in [5.41, 5.74) is 0.293. The van der Waals surface area contributed by atoms with E-state index in [1.54, 1.807) is 24.5 Å². The number of rotatable bonds is 7. The number of benzene rings is 1. The van der Waals surface area contributed by atoms with E-state index in [-0.39, 0.29) is 23.5 Å². The molecule has 1 aromatic heterocycles. The first kappa shape index (κ1) is 18.6. The lowest BCUT2D eigenvalue weighted by Gasteiger charge is -2.22. The zero-order valence-electron chi connectivity index (χ0n) is 14.3. The van der Waals surface area contributed by atoms with Gasteiger partial charge >= 0.3 is 0 Å². The number of hydrogen-bond acceptors (Lipinski definition) is 5. The molecule has 1 aromatic carbocycles. The minimum atomic E-state index is -3.74. The van der Waals surface area contributed by atoms with Crippen LogP contribution in [0.3, 0.4) is 0 Å². The number of H-pyrrole nitrogens is 1. The lowest BCUT2D eigenvalue weighted by atomic mass is 10.1. The Kier molecular flexibility index (Phi) is 6.02. The fraction of sp³-hybridized carbons (Fsp3) is 0.412. The van der Waals surface area contributed by atoms with E-state index in [2.05, 4.69) is 20.0 Å². The molecular formula is C17H22N4O4S. The highest BCUT2D eigenvalue weighted by atomic mass is 32.2. The Balaban J connectivity index is 1.61. The maximum Gasteiger partial charge on any atom is 0.251 e. The van der Waals surface area contributed by atoms with Crippen molar-refractivity contribution in [1.82, 2.24) is 20.0 Å². The van der Waals surface area contributed by atoms with Crippen LogP contribution in [0.2, 0.25) is 0 Å². The Labute approximate surface area is 152 Å². The van der Waals surface area contributed by atoms with E-state index in [1.807, 2.05) is 0 Å². The molecule has 1 fully saturated rings. The second-order valence-electron chi connectivity index (χ2n) is 6.09. The molecule has 1 amide bonds. The number of aromatic amines is 1. The van der Waals surface area contributed by atoms with Gasteiger partial charge < -0.3 is 15.0 Å². The van der Waals surface area contributed by atoms with Gasteiger partial charge in [0.05, 0.1) is 17.5 Å². The maximum absolute atomic E-state index is 12.4. The molecule has 26 heavy (non-hydrogen) atoms. The van der Waals surface area contributed by atoms with Crippen LogP contribution < -0.4 is 10.0 Å². The van der Waals surface area contributed by atoms with Crippen molar-refractivity contribution in [3.05, 3.63) is 48.0 Å². The number of sulfonamides is 1. The zero-order chi connectivity index (χ0) is 18.4. The van der Waals surface area contributed by atoms with Crippen molar-refractivity contribution in [2.45, 2.75) is 36.8 Å². The lowest BCUT2D eigenvalue weighted by molar-refractivity contribution is 0.0169. The smallest absolute Gasteiger partial charge is 0.251 e.